The Morgan fingerprint density at radius 2 is 1.69 bits per heavy atom. The van der Waals surface area contributed by atoms with E-state index in [0.29, 0.717) is 25.9 Å². The van der Waals surface area contributed by atoms with Crippen LogP contribution in [0.5, 0.6) is 5.75 Å². The molecule has 3 heterocycles. The number of aromatic hydroxyl groups is 1. The number of Topliss-reactive ketones (excluding diaryl/α,β-unsaturated/α-hetero) is 1. The van der Waals surface area contributed by atoms with Gasteiger partial charge in [0.25, 0.3) is 11.7 Å². The van der Waals surface area contributed by atoms with Gasteiger partial charge in [0.1, 0.15) is 11.5 Å². The van der Waals surface area contributed by atoms with Gasteiger partial charge in [-0.3, -0.25) is 14.5 Å². The fourth-order valence-electron chi connectivity index (χ4n) is 4.54. The molecule has 3 aliphatic rings. The zero-order chi connectivity index (χ0) is 22.5. The van der Waals surface area contributed by atoms with Crippen molar-refractivity contribution in [2.75, 3.05) is 11.5 Å². The summed E-state index contributed by atoms with van der Waals surface area (Å²) in [7, 11) is 0. The van der Waals surface area contributed by atoms with Crippen LogP contribution in [0.4, 0.5) is 5.69 Å². The second-order valence-electron chi connectivity index (χ2n) is 7.72. The third-order valence-corrected chi connectivity index (χ3v) is 5.95. The predicted molar refractivity (Wildman–Crippen MR) is 112 cm³/mol. The Bertz CT molecular complexity index is 1210. The van der Waals surface area contributed by atoms with Crippen LogP contribution in [0.2, 0.25) is 0 Å². The number of phenolic OH excluding ortho intramolecular Hbond substituents is 1. The molecular formula is C24H19NO7. The monoisotopic (exact) mass is 433 g/mol. The molecule has 0 aromatic heterocycles. The number of aliphatic hydroxyl groups excluding tert-OH is 1. The van der Waals surface area contributed by atoms with Crippen LogP contribution in [0.25, 0.3) is 5.76 Å². The highest BCUT2D eigenvalue weighted by Crippen LogP contribution is 2.53. The first-order valence-corrected chi connectivity index (χ1v) is 10.2. The Hall–Kier alpha value is -4.07. The number of ether oxygens (including phenoxy) is 2. The number of ketones is 1. The maximum absolute atomic E-state index is 13.5. The first kappa shape index (κ1) is 19.9. The molecule has 0 radical (unpaired) electrons. The van der Waals surface area contributed by atoms with E-state index in [1.54, 1.807) is 42.5 Å². The summed E-state index contributed by atoms with van der Waals surface area (Å²) in [4.78, 5) is 41.1. The van der Waals surface area contributed by atoms with E-state index in [0.717, 1.165) is 4.90 Å². The zero-order valence-electron chi connectivity index (χ0n) is 16.9. The van der Waals surface area contributed by atoms with E-state index in [1.807, 2.05) is 0 Å². The third-order valence-electron chi connectivity index (χ3n) is 5.95. The van der Waals surface area contributed by atoms with Crippen molar-refractivity contribution in [2.45, 2.75) is 24.8 Å². The summed E-state index contributed by atoms with van der Waals surface area (Å²) >= 11 is 0. The number of phenols is 1. The number of carbonyl (C=O) groups excluding carboxylic acids is 3. The van der Waals surface area contributed by atoms with Gasteiger partial charge in [0.2, 0.25) is 5.54 Å². The minimum atomic E-state index is -2.08. The van der Waals surface area contributed by atoms with Gasteiger partial charge < -0.3 is 19.7 Å². The molecule has 5 rings (SSSR count). The number of amides is 1. The van der Waals surface area contributed by atoms with E-state index in [1.165, 1.54) is 12.1 Å². The molecule has 1 unspecified atom stereocenters. The Labute approximate surface area is 183 Å². The molecule has 1 saturated heterocycles. The van der Waals surface area contributed by atoms with Gasteiger partial charge in [-0.2, -0.15) is 0 Å². The van der Waals surface area contributed by atoms with Crippen LogP contribution in [0, 0.1) is 0 Å². The number of para-hydroxylation sites is 2. The van der Waals surface area contributed by atoms with E-state index < -0.39 is 34.5 Å². The maximum Gasteiger partial charge on any atom is 0.349 e. The number of esters is 1. The van der Waals surface area contributed by atoms with Crippen LogP contribution in [-0.2, 0) is 23.9 Å². The number of anilines is 1. The van der Waals surface area contributed by atoms with Crippen molar-refractivity contribution < 1.29 is 34.1 Å². The van der Waals surface area contributed by atoms with Crippen molar-refractivity contribution >= 4 is 29.1 Å². The fraction of sp³-hybridized carbons (Fsp3) is 0.208. The molecule has 2 N–H and O–H groups in total. The van der Waals surface area contributed by atoms with Crippen LogP contribution in [0.3, 0.4) is 0 Å². The third kappa shape index (κ3) is 2.59. The highest BCUT2D eigenvalue weighted by Gasteiger charge is 2.69. The lowest BCUT2D eigenvalue weighted by Gasteiger charge is -2.33. The van der Waals surface area contributed by atoms with Crippen LogP contribution in [-0.4, -0.2) is 40.0 Å². The van der Waals surface area contributed by atoms with Crippen LogP contribution >= 0.6 is 0 Å². The van der Waals surface area contributed by atoms with Gasteiger partial charge in [-0.05, 0) is 31.4 Å². The molecule has 0 bridgehead atoms. The lowest BCUT2D eigenvalue weighted by Crippen LogP contribution is -2.53. The van der Waals surface area contributed by atoms with Crippen molar-refractivity contribution in [3.63, 3.8) is 0 Å². The van der Waals surface area contributed by atoms with E-state index in [2.05, 4.69) is 0 Å². The number of hydrogen-bond donors (Lipinski definition) is 2. The number of hydrogen-bond acceptors (Lipinski definition) is 7. The molecule has 3 aliphatic heterocycles. The number of nitrogens with zero attached hydrogens (tertiary/aromatic N) is 1. The number of fused-ring (bicyclic) bond motifs is 1. The minimum absolute atomic E-state index is 0.0448. The van der Waals surface area contributed by atoms with Crippen LogP contribution in [0.1, 0.15) is 24.8 Å². The second kappa shape index (κ2) is 7.26. The molecule has 8 nitrogen and oxygen atoms in total. The van der Waals surface area contributed by atoms with Crippen molar-refractivity contribution in [1.82, 2.24) is 0 Å². The predicted octanol–water partition coefficient (Wildman–Crippen LogP) is 2.98. The first-order valence-electron chi connectivity index (χ1n) is 10.2. The summed E-state index contributed by atoms with van der Waals surface area (Å²) in [6.07, 6.45) is 1.60. The van der Waals surface area contributed by atoms with E-state index in [4.69, 9.17) is 9.47 Å². The van der Waals surface area contributed by atoms with Crippen LogP contribution < -0.4 is 4.90 Å². The fourth-order valence-corrected chi connectivity index (χ4v) is 4.54. The summed E-state index contributed by atoms with van der Waals surface area (Å²) in [6, 6.07) is 14.1. The van der Waals surface area contributed by atoms with Gasteiger partial charge in [0.05, 0.1) is 23.4 Å². The van der Waals surface area contributed by atoms with Gasteiger partial charge in [-0.25, -0.2) is 4.79 Å². The number of rotatable bonds is 2. The molecule has 0 aliphatic carbocycles. The molecule has 32 heavy (non-hydrogen) atoms. The Kier molecular flexibility index (Phi) is 4.51. The van der Waals surface area contributed by atoms with Crippen molar-refractivity contribution in [3.05, 3.63) is 77.3 Å². The SMILES string of the molecule is O=C1C(=O)N(c2ccccc2O)C2(C(=O)OC3=C2CCCCO3)/C1=C(/O)c1ccccc1. The standard InChI is InChI=1S/C24H19NO7/c26-17-12-5-4-11-16(17)25-21(29)20(28)18(19(27)14-8-2-1-3-9-14)24(25)15-10-6-7-13-31-22(15)32-23(24)30/h1-5,8-9,11-12,26-27H,6-7,10,13H2/b19-18+. The van der Waals surface area contributed by atoms with Gasteiger partial charge in [0.15, 0.2) is 0 Å². The average Bonchev–Trinajstić information content (AvgIpc) is 3.06. The zero-order valence-corrected chi connectivity index (χ0v) is 16.9. The lowest BCUT2D eigenvalue weighted by atomic mass is 9.79. The Balaban J connectivity index is 1.87. The van der Waals surface area contributed by atoms with Crippen molar-refractivity contribution in [2.24, 2.45) is 0 Å². The normalized spacial score (nSPS) is 24.4. The Morgan fingerprint density at radius 1 is 0.969 bits per heavy atom. The Morgan fingerprint density at radius 3 is 2.44 bits per heavy atom. The molecule has 0 saturated carbocycles. The topological polar surface area (TPSA) is 113 Å². The van der Waals surface area contributed by atoms with Crippen LogP contribution in [0.15, 0.2) is 71.7 Å². The molecule has 8 heteroatoms. The summed E-state index contributed by atoms with van der Waals surface area (Å²) in [5.74, 6) is -3.91. The highest BCUT2D eigenvalue weighted by molar-refractivity contribution is 6.55. The number of carbonyl (C=O) groups is 3. The molecule has 162 valence electrons. The molecule has 1 atom stereocenters. The minimum Gasteiger partial charge on any atom is -0.507 e. The largest absolute Gasteiger partial charge is 0.507 e. The summed E-state index contributed by atoms with van der Waals surface area (Å²) in [5, 5.41) is 21.7. The van der Waals surface area contributed by atoms with E-state index in [-0.39, 0.29) is 28.5 Å². The average molecular weight is 433 g/mol. The molecule has 2 aromatic rings. The van der Waals surface area contributed by atoms with Crippen molar-refractivity contribution in [3.8, 4) is 5.75 Å². The quantitative estimate of drug-likeness (QED) is 0.324. The summed E-state index contributed by atoms with van der Waals surface area (Å²) in [6.45, 7) is 0.310. The summed E-state index contributed by atoms with van der Waals surface area (Å²) in [5.41, 5.74) is -1.99. The lowest BCUT2D eigenvalue weighted by molar-refractivity contribution is -0.145. The van der Waals surface area contributed by atoms with E-state index in [9.17, 15) is 24.6 Å². The molecular weight excluding hydrogens is 414 g/mol. The number of aliphatic hydroxyl groups is 1. The summed E-state index contributed by atoms with van der Waals surface area (Å²) < 4.78 is 11.1. The van der Waals surface area contributed by atoms with Gasteiger partial charge in [-0.1, -0.05) is 42.5 Å². The molecule has 1 fully saturated rings. The highest BCUT2D eigenvalue weighted by atomic mass is 16.7. The first-order chi connectivity index (χ1) is 15.5. The van der Waals surface area contributed by atoms with E-state index >= 15 is 0 Å². The van der Waals surface area contributed by atoms with Gasteiger partial charge in [-0.15, -0.1) is 0 Å². The number of benzene rings is 2. The molecule has 1 amide bonds. The molecule has 2 aromatic carbocycles. The van der Waals surface area contributed by atoms with Crippen molar-refractivity contribution in [1.29, 1.82) is 0 Å². The smallest absolute Gasteiger partial charge is 0.349 e. The van der Waals surface area contributed by atoms with Gasteiger partial charge in [0, 0.05) is 5.56 Å². The second-order valence-corrected chi connectivity index (χ2v) is 7.72. The maximum atomic E-state index is 13.5. The van der Waals surface area contributed by atoms with Gasteiger partial charge >= 0.3 is 11.9 Å². The molecule has 1 spiro atoms.